The van der Waals surface area contributed by atoms with Crippen molar-refractivity contribution in [3.05, 3.63) is 53.6 Å². The molecule has 0 atom stereocenters. The lowest BCUT2D eigenvalue weighted by molar-refractivity contribution is -0.116. The fourth-order valence-electron chi connectivity index (χ4n) is 2.33. The summed E-state index contributed by atoms with van der Waals surface area (Å²) in [7, 11) is -3.90. The zero-order valence-electron chi connectivity index (χ0n) is 12.0. The van der Waals surface area contributed by atoms with E-state index in [0.29, 0.717) is 24.3 Å². The van der Waals surface area contributed by atoms with Crippen molar-refractivity contribution in [3.8, 4) is 5.75 Å². The standard InChI is InChI=1S/C16H15NO4S/c1-11-4-2-3-5-15(11)21-22(19,20)13-7-8-14-12(10-13)6-9-16(18)17-14/h2-5,7-8,10H,6,9H2,1H3,(H,17,18). The molecule has 1 heterocycles. The minimum Gasteiger partial charge on any atom is -0.379 e. The van der Waals surface area contributed by atoms with Crippen LogP contribution in [0.15, 0.2) is 47.4 Å². The minimum absolute atomic E-state index is 0.0562. The Morgan fingerprint density at radius 1 is 1.09 bits per heavy atom. The highest BCUT2D eigenvalue weighted by Gasteiger charge is 2.21. The third kappa shape index (κ3) is 2.82. The molecule has 5 nitrogen and oxygen atoms in total. The van der Waals surface area contributed by atoms with Crippen LogP contribution in [0.25, 0.3) is 0 Å². The molecule has 0 aliphatic carbocycles. The van der Waals surface area contributed by atoms with Gasteiger partial charge in [0.25, 0.3) is 0 Å². The first-order chi connectivity index (χ1) is 10.5. The van der Waals surface area contributed by atoms with Crippen molar-refractivity contribution >= 4 is 21.7 Å². The molecule has 2 aromatic carbocycles. The van der Waals surface area contributed by atoms with Crippen molar-refractivity contribution in [1.29, 1.82) is 0 Å². The summed E-state index contributed by atoms with van der Waals surface area (Å²) in [4.78, 5) is 11.4. The van der Waals surface area contributed by atoms with Gasteiger partial charge in [0.15, 0.2) is 0 Å². The number of fused-ring (bicyclic) bond motifs is 1. The predicted molar refractivity (Wildman–Crippen MR) is 82.4 cm³/mol. The zero-order chi connectivity index (χ0) is 15.7. The molecule has 2 aromatic rings. The largest absolute Gasteiger partial charge is 0.379 e. The first-order valence-corrected chi connectivity index (χ1v) is 8.29. The van der Waals surface area contributed by atoms with E-state index in [4.69, 9.17) is 4.18 Å². The Morgan fingerprint density at radius 2 is 1.86 bits per heavy atom. The summed E-state index contributed by atoms with van der Waals surface area (Å²) < 4.78 is 30.0. The maximum Gasteiger partial charge on any atom is 0.339 e. The number of nitrogens with one attached hydrogen (secondary N) is 1. The number of amides is 1. The number of hydrogen-bond acceptors (Lipinski definition) is 4. The topological polar surface area (TPSA) is 72.5 Å². The van der Waals surface area contributed by atoms with E-state index in [1.807, 2.05) is 6.07 Å². The van der Waals surface area contributed by atoms with Gasteiger partial charge in [-0.2, -0.15) is 8.42 Å². The molecule has 22 heavy (non-hydrogen) atoms. The van der Waals surface area contributed by atoms with Gasteiger partial charge in [-0.3, -0.25) is 4.79 Å². The number of carbonyl (C=O) groups excluding carboxylic acids is 1. The van der Waals surface area contributed by atoms with E-state index in [9.17, 15) is 13.2 Å². The molecule has 1 aliphatic heterocycles. The van der Waals surface area contributed by atoms with Crippen molar-refractivity contribution in [2.45, 2.75) is 24.7 Å². The van der Waals surface area contributed by atoms with Gasteiger partial charge >= 0.3 is 10.1 Å². The molecular weight excluding hydrogens is 302 g/mol. The maximum absolute atomic E-state index is 12.4. The zero-order valence-corrected chi connectivity index (χ0v) is 12.8. The van der Waals surface area contributed by atoms with Crippen molar-refractivity contribution in [2.24, 2.45) is 0 Å². The summed E-state index contributed by atoms with van der Waals surface area (Å²) in [5.41, 5.74) is 2.21. The van der Waals surface area contributed by atoms with Crippen LogP contribution >= 0.6 is 0 Å². The summed E-state index contributed by atoms with van der Waals surface area (Å²) in [5, 5.41) is 2.72. The maximum atomic E-state index is 12.4. The van der Waals surface area contributed by atoms with E-state index >= 15 is 0 Å². The van der Waals surface area contributed by atoms with Crippen molar-refractivity contribution in [2.75, 3.05) is 5.32 Å². The van der Waals surface area contributed by atoms with Crippen molar-refractivity contribution < 1.29 is 17.4 Å². The van der Waals surface area contributed by atoms with Crippen LogP contribution in [-0.2, 0) is 21.3 Å². The molecule has 3 rings (SSSR count). The Kier molecular flexibility index (Phi) is 3.62. The number of hydrogen-bond donors (Lipinski definition) is 1. The Morgan fingerprint density at radius 3 is 2.64 bits per heavy atom. The van der Waals surface area contributed by atoms with Gasteiger partial charge in [-0.15, -0.1) is 0 Å². The second-order valence-electron chi connectivity index (χ2n) is 5.17. The highest BCUT2D eigenvalue weighted by Crippen LogP contribution is 2.27. The molecule has 0 fully saturated rings. The minimum atomic E-state index is -3.90. The number of carbonyl (C=O) groups is 1. The first-order valence-electron chi connectivity index (χ1n) is 6.88. The molecule has 1 amide bonds. The molecule has 0 spiro atoms. The van der Waals surface area contributed by atoms with Gasteiger partial charge in [-0.25, -0.2) is 0 Å². The summed E-state index contributed by atoms with van der Waals surface area (Å²) in [6, 6.07) is 11.5. The smallest absolute Gasteiger partial charge is 0.339 e. The van der Waals surface area contributed by atoms with Crippen LogP contribution in [0.3, 0.4) is 0 Å². The highest BCUT2D eigenvalue weighted by atomic mass is 32.2. The third-order valence-electron chi connectivity index (χ3n) is 3.55. The molecule has 0 radical (unpaired) electrons. The van der Waals surface area contributed by atoms with Crippen LogP contribution in [0.2, 0.25) is 0 Å². The average molecular weight is 317 g/mol. The van der Waals surface area contributed by atoms with E-state index in [-0.39, 0.29) is 10.8 Å². The Balaban J connectivity index is 1.93. The fourth-order valence-corrected chi connectivity index (χ4v) is 3.37. The molecular formula is C16H15NO4S. The lowest BCUT2D eigenvalue weighted by atomic mass is 10.0. The predicted octanol–water partition coefficient (Wildman–Crippen LogP) is 2.65. The summed E-state index contributed by atoms with van der Waals surface area (Å²) in [5.74, 6) is 0.257. The van der Waals surface area contributed by atoms with Gasteiger partial charge < -0.3 is 9.50 Å². The van der Waals surface area contributed by atoms with Gasteiger partial charge in [-0.05, 0) is 48.7 Å². The number of rotatable bonds is 3. The fraction of sp³-hybridized carbons (Fsp3) is 0.188. The van der Waals surface area contributed by atoms with E-state index in [2.05, 4.69) is 5.32 Å². The SMILES string of the molecule is Cc1ccccc1OS(=O)(=O)c1ccc2c(c1)CCC(=O)N2. The normalized spacial score (nSPS) is 14.1. The molecule has 0 aromatic heterocycles. The lowest BCUT2D eigenvalue weighted by Gasteiger charge is -2.17. The Bertz CT molecular complexity index is 843. The molecule has 0 saturated heterocycles. The Hall–Kier alpha value is -2.34. The second-order valence-corrected chi connectivity index (χ2v) is 6.72. The molecule has 1 aliphatic rings. The summed E-state index contributed by atoms with van der Waals surface area (Å²) in [6.45, 7) is 1.78. The van der Waals surface area contributed by atoms with Crippen LogP contribution in [0.4, 0.5) is 5.69 Å². The number of anilines is 1. The van der Waals surface area contributed by atoms with Gasteiger partial charge in [0.2, 0.25) is 5.91 Å². The van der Waals surface area contributed by atoms with Crippen LogP contribution < -0.4 is 9.50 Å². The second kappa shape index (κ2) is 5.46. The monoisotopic (exact) mass is 317 g/mol. The Labute approximate surface area is 129 Å². The number of para-hydroxylation sites is 1. The van der Waals surface area contributed by atoms with Crippen LogP contribution in [0.5, 0.6) is 5.75 Å². The molecule has 6 heteroatoms. The summed E-state index contributed by atoms with van der Waals surface area (Å²) in [6.07, 6.45) is 0.879. The van der Waals surface area contributed by atoms with Crippen LogP contribution in [0, 0.1) is 6.92 Å². The van der Waals surface area contributed by atoms with Crippen LogP contribution in [0.1, 0.15) is 17.5 Å². The molecule has 0 unspecified atom stereocenters. The van der Waals surface area contributed by atoms with Gasteiger partial charge in [0.1, 0.15) is 10.6 Å². The number of aryl methyl sites for hydroxylation is 2. The average Bonchev–Trinajstić information content (AvgIpc) is 2.49. The molecule has 0 bridgehead atoms. The van der Waals surface area contributed by atoms with E-state index < -0.39 is 10.1 Å². The van der Waals surface area contributed by atoms with Crippen molar-refractivity contribution in [1.82, 2.24) is 0 Å². The third-order valence-corrected chi connectivity index (χ3v) is 4.78. The van der Waals surface area contributed by atoms with Gasteiger partial charge in [0, 0.05) is 12.1 Å². The van der Waals surface area contributed by atoms with Gasteiger partial charge in [-0.1, -0.05) is 18.2 Å². The quantitative estimate of drug-likeness (QED) is 0.883. The molecule has 114 valence electrons. The highest BCUT2D eigenvalue weighted by molar-refractivity contribution is 7.87. The van der Waals surface area contributed by atoms with E-state index in [0.717, 1.165) is 11.1 Å². The van der Waals surface area contributed by atoms with E-state index in [1.165, 1.54) is 6.07 Å². The molecule has 0 saturated carbocycles. The van der Waals surface area contributed by atoms with E-state index in [1.54, 1.807) is 37.3 Å². The van der Waals surface area contributed by atoms with Gasteiger partial charge in [0.05, 0.1) is 0 Å². The summed E-state index contributed by atoms with van der Waals surface area (Å²) >= 11 is 0. The van der Waals surface area contributed by atoms with Crippen LogP contribution in [-0.4, -0.2) is 14.3 Å². The number of benzene rings is 2. The van der Waals surface area contributed by atoms with Crippen molar-refractivity contribution in [3.63, 3.8) is 0 Å². The lowest BCUT2D eigenvalue weighted by Crippen LogP contribution is -2.19. The first kappa shape index (κ1) is 14.6. The molecule has 1 N–H and O–H groups in total.